The zero-order chi connectivity index (χ0) is 13.5. The van der Waals surface area contributed by atoms with Crippen molar-refractivity contribution in [1.29, 1.82) is 0 Å². The Balaban J connectivity index is 4.76. The highest BCUT2D eigenvalue weighted by molar-refractivity contribution is 6.06. The molecule has 5 heteroatoms. The number of amides is 1. The third-order valence-electron chi connectivity index (χ3n) is 3.35. The van der Waals surface area contributed by atoms with E-state index in [1.807, 2.05) is 13.8 Å². The summed E-state index contributed by atoms with van der Waals surface area (Å²) in [6.45, 7) is 7.65. The summed E-state index contributed by atoms with van der Waals surface area (Å²) in [5.41, 5.74) is 4.66. The normalized spacial score (nSPS) is 17.3. The first-order chi connectivity index (χ1) is 7.96. The Bertz CT molecular complexity index is 279. The molecule has 0 aromatic rings. The Morgan fingerprint density at radius 2 is 2.06 bits per heavy atom. The molecule has 5 nitrogen and oxygen atoms in total. The minimum absolute atomic E-state index is 0.0381. The van der Waals surface area contributed by atoms with Gasteiger partial charge in [-0.1, -0.05) is 32.3 Å². The second-order valence-electron chi connectivity index (χ2n) is 4.54. The van der Waals surface area contributed by atoms with Gasteiger partial charge in [-0.05, 0) is 26.2 Å². The summed E-state index contributed by atoms with van der Waals surface area (Å²) in [5, 5.41) is 14.7. The Morgan fingerprint density at radius 1 is 1.47 bits per heavy atom. The smallest absolute Gasteiger partial charge is 0.233 e. The van der Waals surface area contributed by atoms with Gasteiger partial charge >= 0.3 is 0 Å². The number of nitrogens with zero attached hydrogens (tertiary/aromatic N) is 1. The summed E-state index contributed by atoms with van der Waals surface area (Å²) in [5.74, 6) is -0.209. The van der Waals surface area contributed by atoms with E-state index in [1.54, 1.807) is 6.92 Å². The lowest BCUT2D eigenvalue weighted by Gasteiger charge is -2.28. The zero-order valence-electron chi connectivity index (χ0n) is 11.3. The van der Waals surface area contributed by atoms with E-state index in [-0.39, 0.29) is 17.8 Å². The fraction of sp³-hybridized carbons (Fsp3) is 0.833. The monoisotopic (exact) mass is 243 g/mol. The molecule has 0 spiro atoms. The number of nitrogens with one attached hydrogen (secondary N) is 1. The molecule has 0 rings (SSSR count). The van der Waals surface area contributed by atoms with Crippen molar-refractivity contribution in [2.75, 3.05) is 0 Å². The van der Waals surface area contributed by atoms with E-state index in [1.165, 1.54) is 0 Å². The predicted octanol–water partition coefficient (Wildman–Crippen LogP) is 1.84. The highest BCUT2D eigenvalue weighted by atomic mass is 16.4. The largest absolute Gasteiger partial charge is 0.409 e. The van der Waals surface area contributed by atoms with Crippen molar-refractivity contribution in [1.82, 2.24) is 5.32 Å². The highest BCUT2D eigenvalue weighted by Gasteiger charge is 2.37. The molecule has 2 atom stereocenters. The van der Waals surface area contributed by atoms with Crippen LogP contribution in [0.1, 0.15) is 53.4 Å². The van der Waals surface area contributed by atoms with Gasteiger partial charge in [-0.3, -0.25) is 4.79 Å². The van der Waals surface area contributed by atoms with E-state index in [9.17, 15) is 4.79 Å². The van der Waals surface area contributed by atoms with Crippen LogP contribution in [0.5, 0.6) is 0 Å². The molecule has 0 aromatic carbocycles. The van der Waals surface area contributed by atoms with Crippen molar-refractivity contribution >= 4 is 11.7 Å². The van der Waals surface area contributed by atoms with E-state index in [0.717, 1.165) is 19.3 Å². The Kier molecular flexibility index (Phi) is 6.61. The van der Waals surface area contributed by atoms with Crippen molar-refractivity contribution in [2.45, 2.75) is 59.4 Å². The van der Waals surface area contributed by atoms with Crippen LogP contribution in [0.3, 0.4) is 0 Å². The van der Waals surface area contributed by atoms with Gasteiger partial charge in [0.15, 0.2) is 5.84 Å². The van der Waals surface area contributed by atoms with Gasteiger partial charge in [-0.2, -0.15) is 0 Å². The van der Waals surface area contributed by atoms with Gasteiger partial charge in [-0.25, -0.2) is 0 Å². The van der Waals surface area contributed by atoms with Crippen molar-refractivity contribution in [3.63, 3.8) is 0 Å². The fourth-order valence-corrected chi connectivity index (χ4v) is 1.64. The number of nitrogens with two attached hydrogens (primary N) is 1. The minimum atomic E-state index is -0.935. The Labute approximate surface area is 103 Å². The topological polar surface area (TPSA) is 87.7 Å². The van der Waals surface area contributed by atoms with Crippen LogP contribution in [0, 0.1) is 5.41 Å². The molecule has 0 saturated carbocycles. The van der Waals surface area contributed by atoms with Crippen molar-refractivity contribution in [2.24, 2.45) is 16.3 Å². The van der Waals surface area contributed by atoms with E-state index in [4.69, 9.17) is 10.9 Å². The number of hydrogen-bond donors (Lipinski definition) is 3. The first-order valence-electron chi connectivity index (χ1n) is 6.25. The standard InChI is InChI=1S/C12H25N3O2/c1-5-8-9(6-2)14-11(16)12(4,7-3)10(13)15-17/h9,17H,5-8H2,1-4H3,(H2,13,15)(H,14,16). The van der Waals surface area contributed by atoms with Gasteiger partial charge in [-0.15, -0.1) is 0 Å². The van der Waals surface area contributed by atoms with E-state index in [2.05, 4.69) is 17.4 Å². The van der Waals surface area contributed by atoms with Crippen LogP contribution in [0.25, 0.3) is 0 Å². The molecule has 0 saturated heterocycles. The average molecular weight is 243 g/mol. The Hall–Kier alpha value is -1.26. The molecular formula is C12H25N3O2. The quantitative estimate of drug-likeness (QED) is 0.276. The molecule has 0 aromatic heterocycles. The van der Waals surface area contributed by atoms with Gasteiger partial charge in [0.1, 0.15) is 5.41 Å². The van der Waals surface area contributed by atoms with Crippen LogP contribution < -0.4 is 11.1 Å². The first kappa shape index (κ1) is 15.7. The van der Waals surface area contributed by atoms with E-state index >= 15 is 0 Å². The zero-order valence-corrected chi connectivity index (χ0v) is 11.3. The maximum absolute atomic E-state index is 12.2. The molecule has 17 heavy (non-hydrogen) atoms. The van der Waals surface area contributed by atoms with Crippen LogP contribution in [-0.4, -0.2) is 23.0 Å². The average Bonchev–Trinajstić information content (AvgIpc) is 2.35. The third kappa shape index (κ3) is 3.91. The lowest BCUT2D eigenvalue weighted by molar-refractivity contribution is -0.128. The van der Waals surface area contributed by atoms with E-state index in [0.29, 0.717) is 6.42 Å². The number of rotatable bonds is 7. The fourth-order valence-electron chi connectivity index (χ4n) is 1.64. The summed E-state index contributed by atoms with van der Waals surface area (Å²) >= 11 is 0. The highest BCUT2D eigenvalue weighted by Crippen LogP contribution is 2.22. The number of amidine groups is 1. The lowest BCUT2D eigenvalue weighted by atomic mass is 9.84. The molecule has 4 N–H and O–H groups in total. The van der Waals surface area contributed by atoms with Gasteiger partial charge in [0, 0.05) is 6.04 Å². The molecule has 0 aliphatic heterocycles. The molecule has 0 aliphatic carbocycles. The van der Waals surface area contributed by atoms with Crippen molar-refractivity contribution in [3.05, 3.63) is 0 Å². The van der Waals surface area contributed by atoms with Crippen LogP contribution >= 0.6 is 0 Å². The van der Waals surface area contributed by atoms with E-state index < -0.39 is 5.41 Å². The van der Waals surface area contributed by atoms with Gasteiger partial charge in [0.25, 0.3) is 0 Å². The SMILES string of the molecule is CCCC(CC)NC(=O)C(C)(CC)C(N)=NO. The second kappa shape index (κ2) is 7.14. The maximum atomic E-state index is 12.2. The van der Waals surface area contributed by atoms with Crippen molar-refractivity contribution < 1.29 is 10.0 Å². The van der Waals surface area contributed by atoms with Crippen LogP contribution in [-0.2, 0) is 4.79 Å². The number of hydrogen-bond acceptors (Lipinski definition) is 3. The molecule has 1 amide bonds. The lowest BCUT2D eigenvalue weighted by Crippen LogP contribution is -2.50. The summed E-state index contributed by atoms with van der Waals surface area (Å²) < 4.78 is 0. The molecule has 0 heterocycles. The molecule has 2 unspecified atom stereocenters. The van der Waals surface area contributed by atoms with Crippen molar-refractivity contribution in [3.8, 4) is 0 Å². The molecule has 0 fully saturated rings. The van der Waals surface area contributed by atoms with Crippen LogP contribution in [0.15, 0.2) is 5.16 Å². The summed E-state index contributed by atoms with van der Waals surface area (Å²) in [4.78, 5) is 12.2. The van der Waals surface area contributed by atoms with Crippen LogP contribution in [0.2, 0.25) is 0 Å². The molecule has 0 radical (unpaired) electrons. The summed E-state index contributed by atoms with van der Waals surface area (Å²) in [6, 6.07) is 0.157. The Morgan fingerprint density at radius 3 is 2.41 bits per heavy atom. The molecule has 0 bridgehead atoms. The summed E-state index contributed by atoms with van der Waals surface area (Å²) in [6.07, 6.45) is 3.34. The van der Waals surface area contributed by atoms with Gasteiger partial charge < -0.3 is 16.3 Å². The predicted molar refractivity (Wildman–Crippen MR) is 68.9 cm³/mol. The van der Waals surface area contributed by atoms with Crippen LogP contribution in [0.4, 0.5) is 0 Å². The summed E-state index contributed by atoms with van der Waals surface area (Å²) in [7, 11) is 0. The minimum Gasteiger partial charge on any atom is -0.409 e. The molecule has 100 valence electrons. The maximum Gasteiger partial charge on any atom is 0.233 e. The van der Waals surface area contributed by atoms with Gasteiger partial charge in [0.2, 0.25) is 5.91 Å². The number of carbonyl (C=O) groups is 1. The van der Waals surface area contributed by atoms with Gasteiger partial charge in [0.05, 0.1) is 0 Å². The molecular weight excluding hydrogens is 218 g/mol. The number of oxime groups is 1. The number of carbonyl (C=O) groups excluding carboxylic acids is 1. The third-order valence-corrected chi connectivity index (χ3v) is 3.35. The molecule has 0 aliphatic rings. The first-order valence-corrected chi connectivity index (χ1v) is 6.25. The second-order valence-corrected chi connectivity index (χ2v) is 4.54.